The van der Waals surface area contributed by atoms with Gasteiger partial charge in [-0.15, -0.1) is 0 Å². The molecule has 0 radical (unpaired) electrons. The number of sulfone groups is 1. The minimum atomic E-state index is -3.06. The van der Waals surface area contributed by atoms with Gasteiger partial charge in [-0.1, -0.05) is 0 Å². The van der Waals surface area contributed by atoms with Crippen molar-refractivity contribution in [3.05, 3.63) is 24.0 Å². The number of aromatic nitrogens is 1. The van der Waals surface area contributed by atoms with Crippen LogP contribution >= 0.6 is 0 Å². The zero-order chi connectivity index (χ0) is 12.2. The van der Waals surface area contributed by atoms with E-state index in [0.717, 1.165) is 6.26 Å². The van der Waals surface area contributed by atoms with Crippen LogP contribution in [0.25, 0.3) is 0 Å². The molecule has 0 unspecified atom stereocenters. The number of pyridine rings is 1. The normalized spacial score (nSPS) is 11.1. The molecule has 1 aromatic heterocycles. The predicted octanol–water partition coefficient (Wildman–Crippen LogP) is 0.203. The second-order valence-electron chi connectivity index (χ2n) is 3.16. The maximum absolute atomic E-state index is 10.8. The van der Waals surface area contributed by atoms with Gasteiger partial charge in [-0.25, -0.2) is 18.2 Å². The first-order valence-corrected chi connectivity index (χ1v) is 6.44. The quantitative estimate of drug-likeness (QED) is 0.796. The first kappa shape index (κ1) is 12.4. The van der Waals surface area contributed by atoms with E-state index >= 15 is 0 Å². The van der Waals surface area contributed by atoms with E-state index in [9.17, 15) is 13.2 Å². The molecule has 0 fully saturated rings. The highest BCUT2D eigenvalue weighted by Gasteiger charge is 2.05. The Kier molecular flexibility index (Phi) is 3.83. The van der Waals surface area contributed by atoms with Crippen LogP contribution in [0.2, 0.25) is 0 Å². The number of hydrogen-bond donors (Lipinski definition) is 1. The zero-order valence-corrected chi connectivity index (χ0v) is 9.40. The van der Waals surface area contributed by atoms with E-state index in [-0.39, 0.29) is 18.1 Å². The van der Waals surface area contributed by atoms with Crippen molar-refractivity contribution >= 4 is 15.8 Å². The van der Waals surface area contributed by atoms with E-state index in [1.54, 1.807) is 0 Å². The maximum Gasteiger partial charge on any atom is 0.354 e. The minimum absolute atomic E-state index is 0.0208. The monoisotopic (exact) mass is 245 g/mol. The molecule has 6 nitrogen and oxygen atoms in total. The van der Waals surface area contributed by atoms with Crippen LogP contribution in [0.1, 0.15) is 10.5 Å². The van der Waals surface area contributed by atoms with Gasteiger partial charge in [0.05, 0.1) is 11.9 Å². The fourth-order valence-corrected chi connectivity index (χ4v) is 1.29. The van der Waals surface area contributed by atoms with Gasteiger partial charge in [0.15, 0.2) is 9.84 Å². The van der Waals surface area contributed by atoms with Gasteiger partial charge in [-0.2, -0.15) is 0 Å². The van der Waals surface area contributed by atoms with Gasteiger partial charge in [0.1, 0.15) is 18.1 Å². The number of carboxylic acids is 1. The maximum atomic E-state index is 10.8. The molecule has 0 bridgehead atoms. The first-order valence-electron chi connectivity index (χ1n) is 4.38. The van der Waals surface area contributed by atoms with Crippen LogP contribution in [0.4, 0.5) is 0 Å². The van der Waals surface area contributed by atoms with Gasteiger partial charge in [-0.3, -0.25) is 0 Å². The van der Waals surface area contributed by atoms with E-state index in [2.05, 4.69) is 4.98 Å². The summed E-state index contributed by atoms with van der Waals surface area (Å²) >= 11 is 0. The first-order chi connectivity index (χ1) is 7.38. The summed E-state index contributed by atoms with van der Waals surface area (Å²) in [6, 6.07) is 2.72. The molecule has 0 aliphatic carbocycles. The van der Waals surface area contributed by atoms with Crippen molar-refractivity contribution in [3.63, 3.8) is 0 Å². The molecule has 0 spiro atoms. The number of carboxylic acid groups (broad SMARTS) is 1. The van der Waals surface area contributed by atoms with Crippen molar-refractivity contribution in [1.82, 2.24) is 4.98 Å². The third-order valence-electron chi connectivity index (χ3n) is 1.68. The second kappa shape index (κ2) is 4.93. The Morgan fingerprint density at radius 3 is 2.62 bits per heavy atom. The number of ether oxygens (including phenoxy) is 1. The van der Waals surface area contributed by atoms with Gasteiger partial charge in [-0.05, 0) is 12.1 Å². The van der Waals surface area contributed by atoms with E-state index in [1.807, 2.05) is 0 Å². The highest BCUT2D eigenvalue weighted by Crippen LogP contribution is 2.09. The summed E-state index contributed by atoms with van der Waals surface area (Å²) in [4.78, 5) is 14.1. The van der Waals surface area contributed by atoms with E-state index < -0.39 is 15.8 Å². The molecule has 1 N–H and O–H groups in total. The molecule has 0 amide bonds. The van der Waals surface area contributed by atoms with Crippen molar-refractivity contribution in [3.8, 4) is 5.75 Å². The van der Waals surface area contributed by atoms with Crippen LogP contribution in [-0.4, -0.2) is 43.1 Å². The molecule has 1 rings (SSSR count). The average molecular weight is 245 g/mol. The van der Waals surface area contributed by atoms with Crippen molar-refractivity contribution in [2.75, 3.05) is 18.6 Å². The minimum Gasteiger partial charge on any atom is -0.491 e. The summed E-state index contributed by atoms with van der Waals surface area (Å²) in [7, 11) is -3.06. The number of nitrogens with zero attached hydrogens (tertiary/aromatic N) is 1. The van der Waals surface area contributed by atoms with Crippen molar-refractivity contribution in [1.29, 1.82) is 0 Å². The van der Waals surface area contributed by atoms with E-state index in [4.69, 9.17) is 9.84 Å². The summed E-state index contributed by atoms with van der Waals surface area (Å²) < 4.78 is 26.7. The Hall–Kier alpha value is -1.63. The third kappa shape index (κ3) is 4.26. The molecule has 0 aliphatic rings. The zero-order valence-electron chi connectivity index (χ0n) is 8.58. The fourth-order valence-electron chi connectivity index (χ4n) is 0.903. The fraction of sp³-hybridized carbons (Fsp3) is 0.333. The number of hydrogen-bond acceptors (Lipinski definition) is 5. The molecular weight excluding hydrogens is 234 g/mol. The molecule has 7 heteroatoms. The van der Waals surface area contributed by atoms with Crippen LogP contribution < -0.4 is 4.74 Å². The highest BCUT2D eigenvalue weighted by atomic mass is 32.2. The van der Waals surface area contributed by atoms with Crippen LogP contribution in [-0.2, 0) is 9.84 Å². The summed E-state index contributed by atoms with van der Waals surface area (Å²) in [6.07, 6.45) is 2.36. The third-order valence-corrected chi connectivity index (χ3v) is 2.59. The lowest BCUT2D eigenvalue weighted by Crippen LogP contribution is -2.12. The lowest BCUT2D eigenvalue weighted by molar-refractivity contribution is 0.0690. The van der Waals surface area contributed by atoms with Crippen LogP contribution in [0.15, 0.2) is 18.3 Å². The van der Waals surface area contributed by atoms with Crippen molar-refractivity contribution in [2.45, 2.75) is 0 Å². The van der Waals surface area contributed by atoms with Gasteiger partial charge in [0, 0.05) is 6.26 Å². The Bertz CT molecular complexity index is 465. The predicted molar refractivity (Wildman–Crippen MR) is 56.4 cm³/mol. The highest BCUT2D eigenvalue weighted by molar-refractivity contribution is 7.90. The summed E-state index contributed by atoms with van der Waals surface area (Å²) in [5.41, 5.74) is -0.0875. The topological polar surface area (TPSA) is 93.6 Å². The smallest absolute Gasteiger partial charge is 0.354 e. The molecule has 1 heterocycles. The Morgan fingerprint density at radius 1 is 1.50 bits per heavy atom. The standard InChI is InChI=1S/C9H11NO5S/c1-16(13,14)5-4-15-7-2-3-8(9(11)12)10-6-7/h2-3,6H,4-5H2,1H3,(H,11,12). The van der Waals surface area contributed by atoms with Crippen molar-refractivity contribution < 1.29 is 23.1 Å². The molecule has 0 atom stereocenters. The number of rotatable bonds is 5. The number of aromatic carboxylic acids is 1. The number of carbonyl (C=O) groups is 1. The van der Waals surface area contributed by atoms with Crippen LogP contribution in [0.5, 0.6) is 5.75 Å². The van der Waals surface area contributed by atoms with Crippen molar-refractivity contribution in [2.24, 2.45) is 0 Å². The molecule has 0 saturated carbocycles. The molecule has 16 heavy (non-hydrogen) atoms. The average Bonchev–Trinajstić information content (AvgIpc) is 2.16. The molecule has 0 aliphatic heterocycles. The van der Waals surface area contributed by atoms with Gasteiger partial charge in [0.25, 0.3) is 0 Å². The van der Waals surface area contributed by atoms with Crippen LogP contribution in [0.3, 0.4) is 0 Å². The Labute approximate surface area is 92.8 Å². The lowest BCUT2D eigenvalue weighted by Gasteiger charge is -2.04. The molecule has 0 aromatic carbocycles. The molecule has 1 aromatic rings. The largest absolute Gasteiger partial charge is 0.491 e. The Morgan fingerprint density at radius 2 is 2.19 bits per heavy atom. The molecular formula is C9H11NO5S. The van der Waals surface area contributed by atoms with Gasteiger partial charge in [0.2, 0.25) is 0 Å². The van der Waals surface area contributed by atoms with E-state index in [0.29, 0.717) is 5.75 Å². The lowest BCUT2D eigenvalue weighted by atomic mass is 10.3. The second-order valence-corrected chi connectivity index (χ2v) is 5.42. The molecule has 88 valence electrons. The van der Waals surface area contributed by atoms with Gasteiger partial charge < -0.3 is 9.84 Å². The van der Waals surface area contributed by atoms with E-state index in [1.165, 1.54) is 18.3 Å². The summed E-state index contributed by atoms with van der Waals surface area (Å²) in [6.45, 7) is 0.0208. The SMILES string of the molecule is CS(=O)(=O)CCOc1ccc(C(=O)O)nc1. The molecule has 0 saturated heterocycles. The Balaban J connectivity index is 2.53. The summed E-state index contributed by atoms with van der Waals surface area (Å²) in [5, 5.41) is 8.58. The van der Waals surface area contributed by atoms with Gasteiger partial charge >= 0.3 is 5.97 Å². The van der Waals surface area contributed by atoms with Crippen LogP contribution in [0, 0.1) is 0 Å². The summed E-state index contributed by atoms with van der Waals surface area (Å²) in [5.74, 6) is -0.871.